The molecule has 2 heteroatoms. The minimum atomic E-state index is 0.150. The largest absolute Gasteiger partial charge is 0.395 e. The van der Waals surface area contributed by atoms with Gasteiger partial charge in [-0.25, -0.2) is 0 Å². The first kappa shape index (κ1) is 14.8. The molecule has 0 amide bonds. The Hall–Kier alpha value is -1.57. The number of oxime groups is 1. The quantitative estimate of drug-likeness (QED) is 0.407. The second-order valence-electron chi connectivity index (χ2n) is 6.37. The SMILES string of the molecule is CC(C)(CO/N=C/c1ccccc1)CC1=CCCCC1. The highest BCUT2D eigenvalue weighted by atomic mass is 16.6. The molecule has 0 N–H and O–H groups in total. The van der Waals surface area contributed by atoms with Crippen LogP contribution in [0.1, 0.15) is 51.5 Å². The maximum Gasteiger partial charge on any atom is 0.122 e. The van der Waals surface area contributed by atoms with Crippen molar-refractivity contribution in [2.24, 2.45) is 10.6 Å². The van der Waals surface area contributed by atoms with Crippen LogP contribution in [0.3, 0.4) is 0 Å². The first-order valence-corrected chi connectivity index (χ1v) is 7.54. The Morgan fingerprint density at radius 3 is 2.70 bits per heavy atom. The molecule has 1 aromatic rings. The van der Waals surface area contributed by atoms with Crippen LogP contribution in [0.25, 0.3) is 0 Å². The smallest absolute Gasteiger partial charge is 0.122 e. The van der Waals surface area contributed by atoms with E-state index in [1.165, 1.54) is 25.7 Å². The van der Waals surface area contributed by atoms with Gasteiger partial charge in [-0.3, -0.25) is 0 Å². The predicted molar refractivity (Wildman–Crippen MR) is 84.9 cm³/mol. The number of hydrogen-bond donors (Lipinski definition) is 0. The maximum atomic E-state index is 5.49. The second kappa shape index (κ2) is 7.28. The summed E-state index contributed by atoms with van der Waals surface area (Å²) in [6.07, 6.45) is 10.5. The van der Waals surface area contributed by atoms with Crippen LogP contribution >= 0.6 is 0 Å². The number of hydrogen-bond acceptors (Lipinski definition) is 2. The summed E-state index contributed by atoms with van der Waals surface area (Å²) in [5, 5.41) is 4.08. The summed E-state index contributed by atoms with van der Waals surface area (Å²) in [7, 11) is 0. The van der Waals surface area contributed by atoms with Gasteiger partial charge in [0.05, 0.1) is 6.21 Å². The minimum Gasteiger partial charge on any atom is -0.395 e. The van der Waals surface area contributed by atoms with Crippen LogP contribution in [0.4, 0.5) is 0 Å². The third kappa shape index (κ3) is 5.20. The Labute approximate surface area is 122 Å². The summed E-state index contributed by atoms with van der Waals surface area (Å²) >= 11 is 0. The summed E-state index contributed by atoms with van der Waals surface area (Å²) < 4.78 is 0. The van der Waals surface area contributed by atoms with Crippen molar-refractivity contribution in [3.05, 3.63) is 47.5 Å². The number of nitrogens with zero attached hydrogens (tertiary/aromatic N) is 1. The van der Waals surface area contributed by atoms with Gasteiger partial charge in [0.1, 0.15) is 6.61 Å². The molecule has 2 rings (SSSR count). The molecule has 0 spiro atoms. The van der Waals surface area contributed by atoms with Gasteiger partial charge in [0.2, 0.25) is 0 Å². The molecular weight excluding hydrogens is 246 g/mol. The van der Waals surface area contributed by atoms with Crippen LogP contribution < -0.4 is 0 Å². The lowest BCUT2D eigenvalue weighted by Gasteiger charge is -2.25. The first-order valence-electron chi connectivity index (χ1n) is 7.54. The van der Waals surface area contributed by atoms with Gasteiger partial charge in [-0.05, 0) is 37.7 Å². The van der Waals surface area contributed by atoms with E-state index in [2.05, 4.69) is 25.1 Å². The van der Waals surface area contributed by atoms with Crippen LogP contribution in [-0.4, -0.2) is 12.8 Å². The van der Waals surface area contributed by atoms with E-state index in [4.69, 9.17) is 4.84 Å². The maximum absolute atomic E-state index is 5.49. The Bertz CT molecular complexity index is 460. The lowest BCUT2D eigenvalue weighted by molar-refractivity contribution is 0.0681. The normalized spacial score (nSPS) is 16.2. The molecule has 0 saturated carbocycles. The fourth-order valence-corrected chi connectivity index (χ4v) is 2.58. The zero-order valence-electron chi connectivity index (χ0n) is 12.6. The number of rotatable bonds is 6. The molecular formula is C18H25NO. The highest BCUT2D eigenvalue weighted by Gasteiger charge is 2.21. The molecule has 0 saturated heterocycles. The van der Waals surface area contributed by atoms with E-state index in [1.54, 1.807) is 11.8 Å². The number of allylic oxidation sites excluding steroid dienone is 2. The lowest BCUT2D eigenvalue weighted by atomic mass is 9.83. The van der Waals surface area contributed by atoms with Crippen LogP contribution in [0, 0.1) is 5.41 Å². The van der Waals surface area contributed by atoms with Crippen LogP contribution in [0.5, 0.6) is 0 Å². The van der Waals surface area contributed by atoms with Gasteiger partial charge in [0, 0.05) is 5.41 Å². The van der Waals surface area contributed by atoms with E-state index in [0.717, 1.165) is 12.0 Å². The van der Waals surface area contributed by atoms with E-state index < -0.39 is 0 Å². The van der Waals surface area contributed by atoms with Gasteiger partial charge < -0.3 is 4.84 Å². The molecule has 0 bridgehead atoms. The van der Waals surface area contributed by atoms with E-state index in [9.17, 15) is 0 Å². The topological polar surface area (TPSA) is 21.6 Å². The second-order valence-corrected chi connectivity index (χ2v) is 6.37. The molecule has 1 aliphatic carbocycles. The summed E-state index contributed by atoms with van der Waals surface area (Å²) in [5.74, 6) is 0. The monoisotopic (exact) mass is 271 g/mol. The molecule has 0 atom stereocenters. The minimum absolute atomic E-state index is 0.150. The summed E-state index contributed by atoms with van der Waals surface area (Å²) in [6, 6.07) is 10.0. The molecule has 0 radical (unpaired) electrons. The van der Waals surface area contributed by atoms with Crippen molar-refractivity contribution in [2.75, 3.05) is 6.61 Å². The molecule has 0 fully saturated rings. The Morgan fingerprint density at radius 2 is 2.00 bits per heavy atom. The first-order chi connectivity index (χ1) is 9.66. The van der Waals surface area contributed by atoms with E-state index in [0.29, 0.717) is 6.61 Å². The molecule has 20 heavy (non-hydrogen) atoms. The molecule has 108 valence electrons. The van der Waals surface area contributed by atoms with Crippen molar-refractivity contribution in [1.29, 1.82) is 0 Å². The average molecular weight is 271 g/mol. The molecule has 2 nitrogen and oxygen atoms in total. The van der Waals surface area contributed by atoms with Crippen molar-refractivity contribution in [3.8, 4) is 0 Å². The fourth-order valence-electron chi connectivity index (χ4n) is 2.58. The third-order valence-electron chi connectivity index (χ3n) is 3.62. The standard InChI is InChI=1S/C18H25NO/c1-18(2,13-16-9-5-3-6-10-16)15-20-19-14-17-11-7-4-8-12-17/h4,7-9,11-12,14H,3,5-6,10,13,15H2,1-2H3/b19-14+. The average Bonchev–Trinajstić information content (AvgIpc) is 2.45. The molecule has 0 aromatic heterocycles. The highest BCUT2D eigenvalue weighted by molar-refractivity contribution is 5.78. The molecule has 0 aliphatic heterocycles. The Balaban J connectivity index is 1.77. The van der Waals surface area contributed by atoms with E-state index in [1.807, 2.05) is 30.3 Å². The Kier molecular flexibility index (Phi) is 5.40. The molecule has 0 unspecified atom stereocenters. The van der Waals surface area contributed by atoms with Crippen LogP contribution in [0.2, 0.25) is 0 Å². The van der Waals surface area contributed by atoms with Gasteiger partial charge in [-0.15, -0.1) is 0 Å². The molecule has 1 aromatic carbocycles. The lowest BCUT2D eigenvalue weighted by Crippen LogP contribution is -2.19. The van der Waals surface area contributed by atoms with E-state index in [-0.39, 0.29) is 5.41 Å². The third-order valence-corrected chi connectivity index (χ3v) is 3.62. The van der Waals surface area contributed by atoms with Crippen LogP contribution in [-0.2, 0) is 4.84 Å². The molecule has 0 heterocycles. The van der Waals surface area contributed by atoms with Gasteiger partial charge in [-0.2, -0.15) is 0 Å². The molecule has 1 aliphatic rings. The van der Waals surface area contributed by atoms with E-state index >= 15 is 0 Å². The summed E-state index contributed by atoms with van der Waals surface area (Å²) in [4.78, 5) is 5.49. The van der Waals surface area contributed by atoms with Crippen molar-refractivity contribution in [1.82, 2.24) is 0 Å². The van der Waals surface area contributed by atoms with Gasteiger partial charge in [-0.1, -0.05) is 61.0 Å². The zero-order chi connectivity index (χ0) is 14.3. The van der Waals surface area contributed by atoms with Gasteiger partial charge >= 0.3 is 0 Å². The zero-order valence-corrected chi connectivity index (χ0v) is 12.6. The highest BCUT2D eigenvalue weighted by Crippen LogP contribution is 2.30. The van der Waals surface area contributed by atoms with Crippen molar-refractivity contribution in [2.45, 2.75) is 46.0 Å². The van der Waals surface area contributed by atoms with Gasteiger partial charge in [0.25, 0.3) is 0 Å². The summed E-state index contributed by atoms with van der Waals surface area (Å²) in [5.41, 5.74) is 2.81. The van der Waals surface area contributed by atoms with Crippen molar-refractivity contribution < 1.29 is 4.84 Å². The summed E-state index contributed by atoms with van der Waals surface area (Å²) in [6.45, 7) is 5.16. The number of benzene rings is 1. The van der Waals surface area contributed by atoms with Crippen LogP contribution in [0.15, 0.2) is 47.1 Å². The Morgan fingerprint density at radius 1 is 1.20 bits per heavy atom. The fraction of sp³-hybridized carbons (Fsp3) is 0.500. The van der Waals surface area contributed by atoms with Crippen molar-refractivity contribution in [3.63, 3.8) is 0 Å². The predicted octanol–water partition coefficient (Wildman–Crippen LogP) is 4.95. The van der Waals surface area contributed by atoms with Crippen molar-refractivity contribution >= 4 is 6.21 Å². The van der Waals surface area contributed by atoms with Gasteiger partial charge in [0.15, 0.2) is 0 Å².